The van der Waals surface area contributed by atoms with Gasteiger partial charge in [0.05, 0.1) is 6.61 Å². The predicted molar refractivity (Wildman–Crippen MR) is 42.0 cm³/mol. The molecule has 0 saturated carbocycles. The molecule has 0 rings (SSSR count). The lowest BCUT2D eigenvalue weighted by Crippen LogP contribution is -2.20. The van der Waals surface area contributed by atoms with Crippen LogP contribution in [0.25, 0.3) is 0 Å². The van der Waals surface area contributed by atoms with Crippen LogP contribution in [0, 0.1) is 0 Å². The first-order valence-electron chi connectivity index (χ1n) is 3.39. The van der Waals surface area contributed by atoms with Crippen molar-refractivity contribution >= 4 is 29.6 Å². The van der Waals surface area contributed by atoms with Gasteiger partial charge in [0, 0.05) is 0 Å². The molecule has 0 aromatic heterocycles. The maximum atomic E-state index is 10.8. The Kier molecular flexibility index (Phi) is 5.28. The van der Waals surface area contributed by atoms with E-state index in [1.54, 1.807) is 6.92 Å². The molecule has 0 fully saturated rings. The Bertz CT molecular complexity index is 190. The van der Waals surface area contributed by atoms with Gasteiger partial charge in [-0.05, 0) is 6.92 Å². The number of hydrogen-bond donors (Lipinski definition) is 0. The second-order valence-corrected chi connectivity index (χ2v) is 2.46. The highest BCUT2D eigenvalue weighted by Gasteiger charge is 2.18. The summed E-state index contributed by atoms with van der Waals surface area (Å²) in [6.07, 6.45) is -0.163. The molecule has 0 N–H and O–H groups in total. The van der Waals surface area contributed by atoms with E-state index in [0.29, 0.717) is 0 Å². The summed E-state index contributed by atoms with van der Waals surface area (Å²) < 4.78 is 4.47. The van der Waals surface area contributed by atoms with Crippen molar-refractivity contribution in [3.8, 4) is 0 Å². The molecule has 0 saturated heterocycles. The first kappa shape index (κ1) is 11.1. The molecule has 0 aromatic carbocycles. The van der Waals surface area contributed by atoms with Crippen LogP contribution in [0.5, 0.6) is 0 Å². The lowest BCUT2D eigenvalue weighted by molar-refractivity contribution is -0.145. The summed E-state index contributed by atoms with van der Waals surface area (Å²) in [5.41, 5.74) is 0. The maximum Gasteiger partial charge on any atom is 0.313 e. The molecule has 4 nitrogen and oxygen atoms in total. The Morgan fingerprint density at radius 2 is 2.17 bits per heavy atom. The molecule has 68 valence electrons. The molecule has 0 aromatic rings. The van der Waals surface area contributed by atoms with E-state index in [0.717, 1.165) is 0 Å². The van der Waals surface area contributed by atoms with Gasteiger partial charge in [-0.15, -0.1) is 11.6 Å². The lowest BCUT2D eigenvalue weighted by atomic mass is 10.2. The number of Topliss-reactive ketones (excluding diaryl/α,β-unsaturated/α-hetero) is 1. The van der Waals surface area contributed by atoms with Gasteiger partial charge in [0.1, 0.15) is 18.1 Å². The molecule has 5 heteroatoms. The van der Waals surface area contributed by atoms with Gasteiger partial charge >= 0.3 is 5.97 Å². The topological polar surface area (TPSA) is 60.4 Å². The van der Waals surface area contributed by atoms with Gasteiger partial charge in [-0.3, -0.25) is 9.59 Å². The number of rotatable bonds is 5. The molecule has 0 aliphatic heterocycles. The molecule has 1 atom stereocenters. The van der Waals surface area contributed by atoms with Gasteiger partial charge in [-0.1, -0.05) is 0 Å². The van der Waals surface area contributed by atoms with Crippen molar-refractivity contribution in [2.75, 3.05) is 6.61 Å². The summed E-state index contributed by atoms with van der Waals surface area (Å²) in [4.78, 5) is 31.4. The Morgan fingerprint density at radius 1 is 1.58 bits per heavy atom. The van der Waals surface area contributed by atoms with Crippen LogP contribution in [0.4, 0.5) is 0 Å². The molecule has 0 heterocycles. The molecule has 0 radical (unpaired) electrons. The SMILES string of the molecule is CCOC(=O)CC(=O)C(Cl)C=O. The average Bonchev–Trinajstić information content (AvgIpc) is 2.03. The minimum Gasteiger partial charge on any atom is -0.466 e. The number of halogens is 1. The van der Waals surface area contributed by atoms with Crippen molar-refractivity contribution in [2.45, 2.75) is 18.7 Å². The number of carbonyl (C=O) groups excluding carboxylic acids is 3. The Hall–Kier alpha value is -0.900. The third-order valence-electron chi connectivity index (χ3n) is 1.05. The normalized spacial score (nSPS) is 11.8. The number of ketones is 1. The van der Waals surface area contributed by atoms with E-state index in [1.165, 1.54) is 0 Å². The molecule has 0 amide bonds. The quantitative estimate of drug-likeness (QED) is 0.272. The van der Waals surface area contributed by atoms with Crippen molar-refractivity contribution in [3.63, 3.8) is 0 Å². The molecule has 12 heavy (non-hydrogen) atoms. The fourth-order valence-corrected chi connectivity index (χ4v) is 0.605. The number of aldehydes is 1. The van der Waals surface area contributed by atoms with Gasteiger partial charge in [-0.25, -0.2) is 0 Å². The number of hydrogen-bond acceptors (Lipinski definition) is 4. The molecule has 0 aliphatic rings. The summed E-state index contributed by atoms with van der Waals surface area (Å²) >= 11 is 5.23. The Balaban J connectivity index is 3.83. The molecule has 0 bridgehead atoms. The highest BCUT2D eigenvalue weighted by atomic mass is 35.5. The molecule has 1 unspecified atom stereocenters. The van der Waals surface area contributed by atoms with E-state index in [9.17, 15) is 14.4 Å². The Morgan fingerprint density at radius 3 is 2.58 bits per heavy atom. The van der Waals surface area contributed by atoms with Crippen LogP contribution in [-0.2, 0) is 19.1 Å². The summed E-state index contributed by atoms with van der Waals surface area (Å²) in [5, 5.41) is -1.24. The zero-order chi connectivity index (χ0) is 9.56. The standard InChI is InChI=1S/C7H9ClO4/c1-2-12-7(11)3-6(10)5(8)4-9/h4-5H,2-3H2,1H3. The number of alkyl halides is 1. The Labute approximate surface area is 74.8 Å². The lowest BCUT2D eigenvalue weighted by Gasteiger charge is -2.00. The third-order valence-corrected chi connectivity index (χ3v) is 1.40. The van der Waals surface area contributed by atoms with Crippen LogP contribution in [0.1, 0.15) is 13.3 Å². The summed E-state index contributed by atoms with van der Waals surface area (Å²) in [7, 11) is 0. The van der Waals surface area contributed by atoms with Gasteiger partial charge in [-0.2, -0.15) is 0 Å². The average molecular weight is 193 g/mol. The third kappa shape index (κ3) is 4.08. The number of esters is 1. The number of ether oxygens (including phenoxy) is 1. The number of carbonyl (C=O) groups is 3. The van der Waals surface area contributed by atoms with E-state index in [4.69, 9.17) is 11.6 Å². The molecular weight excluding hydrogens is 184 g/mol. The summed E-state index contributed by atoms with van der Waals surface area (Å²) in [5.74, 6) is -1.29. The second-order valence-electron chi connectivity index (χ2n) is 1.99. The van der Waals surface area contributed by atoms with Crippen LogP contribution in [0.15, 0.2) is 0 Å². The monoisotopic (exact) mass is 192 g/mol. The van der Waals surface area contributed by atoms with Crippen LogP contribution in [0.2, 0.25) is 0 Å². The van der Waals surface area contributed by atoms with Crippen molar-refractivity contribution in [2.24, 2.45) is 0 Å². The highest BCUT2D eigenvalue weighted by Crippen LogP contribution is 1.98. The maximum absolute atomic E-state index is 10.8. The predicted octanol–water partition coefficient (Wildman–Crippen LogP) is 0.315. The zero-order valence-electron chi connectivity index (χ0n) is 6.58. The first-order valence-corrected chi connectivity index (χ1v) is 3.83. The van der Waals surface area contributed by atoms with Gasteiger partial charge in [0.25, 0.3) is 0 Å². The first-order chi connectivity index (χ1) is 5.61. The summed E-state index contributed by atoms with van der Waals surface area (Å²) in [6.45, 7) is 1.83. The van der Waals surface area contributed by atoms with E-state index in [1.807, 2.05) is 0 Å². The smallest absolute Gasteiger partial charge is 0.313 e. The van der Waals surface area contributed by atoms with Crippen LogP contribution in [0.3, 0.4) is 0 Å². The van der Waals surface area contributed by atoms with Gasteiger partial charge < -0.3 is 9.53 Å². The molecular formula is C7H9ClO4. The van der Waals surface area contributed by atoms with Gasteiger partial charge in [0.15, 0.2) is 5.78 Å². The van der Waals surface area contributed by atoms with Crippen LogP contribution >= 0.6 is 11.6 Å². The fourth-order valence-electron chi connectivity index (χ4n) is 0.528. The van der Waals surface area contributed by atoms with Crippen molar-refractivity contribution in [1.82, 2.24) is 0 Å². The van der Waals surface area contributed by atoms with Crippen molar-refractivity contribution in [1.29, 1.82) is 0 Å². The van der Waals surface area contributed by atoms with E-state index >= 15 is 0 Å². The van der Waals surface area contributed by atoms with E-state index in [2.05, 4.69) is 4.74 Å². The van der Waals surface area contributed by atoms with E-state index < -0.39 is 23.6 Å². The second kappa shape index (κ2) is 5.71. The van der Waals surface area contributed by atoms with Crippen LogP contribution < -0.4 is 0 Å². The highest BCUT2D eigenvalue weighted by molar-refractivity contribution is 6.39. The van der Waals surface area contributed by atoms with Crippen LogP contribution in [-0.4, -0.2) is 30.0 Å². The summed E-state index contributed by atoms with van der Waals surface area (Å²) in [6, 6.07) is 0. The molecule has 0 spiro atoms. The van der Waals surface area contributed by atoms with Crippen molar-refractivity contribution < 1.29 is 19.1 Å². The minimum atomic E-state index is -1.24. The zero-order valence-corrected chi connectivity index (χ0v) is 7.34. The van der Waals surface area contributed by atoms with Gasteiger partial charge in [0.2, 0.25) is 0 Å². The molecule has 0 aliphatic carbocycles. The minimum absolute atomic E-state index is 0.208. The largest absolute Gasteiger partial charge is 0.466 e. The van der Waals surface area contributed by atoms with E-state index in [-0.39, 0.29) is 12.9 Å². The fraction of sp³-hybridized carbons (Fsp3) is 0.571. The van der Waals surface area contributed by atoms with Crippen molar-refractivity contribution in [3.05, 3.63) is 0 Å².